The van der Waals surface area contributed by atoms with Crippen LogP contribution in [0, 0.1) is 0 Å². The van der Waals surface area contributed by atoms with Gasteiger partial charge in [0.15, 0.2) is 0 Å². The second-order valence-corrected chi connectivity index (χ2v) is 7.01. The van der Waals surface area contributed by atoms with Crippen molar-refractivity contribution in [3.63, 3.8) is 0 Å². The van der Waals surface area contributed by atoms with Crippen LogP contribution in [-0.4, -0.2) is 37.0 Å². The molecule has 0 atom stereocenters. The molecule has 0 aliphatic rings. The maximum atomic E-state index is 12.6. The quantitative estimate of drug-likeness (QED) is 0.723. The molecule has 0 saturated carbocycles. The molecule has 0 radical (unpaired) electrons. The van der Waals surface area contributed by atoms with E-state index >= 15 is 0 Å². The number of rotatable bonds is 9. The van der Waals surface area contributed by atoms with Crippen LogP contribution in [0.1, 0.15) is 37.8 Å². The van der Waals surface area contributed by atoms with Crippen molar-refractivity contribution in [1.82, 2.24) is 4.31 Å². The van der Waals surface area contributed by atoms with E-state index < -0.39 is 10.0 Å². The molecule has 1 aromatic carbocycles. The molecule has 0 aliphatic heterocycles. The number of benzene rings is 1. The van der Waals surface area contributed by atoms with E-state index in [-0.39, 0.29) is 24.9 Å². The van der Waals surface area contributed by atoms with Crippen LogP contribution in [0.5, 0.6) is 0 Å². The number of aliphatic hydroxyl groups is 1. The SMILES string of the molecule is CCC(CC)N(CCO)S(=O)(=O)Cc1cccc(CN)c1. The molecule has 0 aliphatic carbocycles. The minimum atomic E-state index is -3.45. The van der Waals surface area contributed by atoms with Crippen molar-refractivity contribution < 1.29 is 13.5 Å². The van der Waals surface area contributed by atoms with Crippen LogP contribution in [-0.2, 0) is 22.3 Å². The van der Waals surface area contributed by atoms with Gasteiger partial charge in [-0.25, -0.2) is 8.42 Å². The van der Waals surface area contributed by atoms with Crippen LogP contribution in [0.25, 0.3) is 0 Å². The molecule has 1 rings (SSSR count). The Balaban J connectivity index is 2.99. The lowest BCUT2D eigenvalue weighted by Crippen LogP contribution is -2.42. The number of sulfonamides is 1. The lowest BCUT2D eigenvalue weighted by atomic mass is 10.1. The zero-order valence-electron chi connectivity index (χ0n) is 12.8. The van der Waals surface area contributed by atoms with Gasteiger partial charge in [0.1, 0.15) is 0 Å². The van der Waals surface area contributed by atoms with Gasteiger partial charge < -0.3 is 10.8 Å². The van der Waals surface area contributed by atoms with Gasteiger partial charge in [-0.1, -0.05) is 38.1 Å². The largest absolute Gasteiger partial charge is 0.395 e. The number of nitrogens with zero attached hydrogens (tertiary/aromatic N) is 1. The predicted molar refractivity (Wildman–Crippen MR) is 85.1 cm³/mol. The number of hydrogen-bond acceptors (Lipinski definition) is 4. The van der Waals surface area contributed by atoms with Gasteiger partial charge in [-0.3, -0.25) is 0 Å². The number of hydrogen-bond donors (Lipinski definition) is 2. The lowest BCUT2D eigenvalue weighted by Gasteiger charge is -2.29. The molecular formula is C15H26N2O3S. The first kappa shape index (κ1) is 18.1. The van der Waals surface area contributed by atoms with Crippen molar-refractivity contribution >= 4 is 10.0 Å². The summed E-state index contributed by atoms with van der Waals surface area (Å²) in [5.41, 5.74) is 7.23. The highest BCUT2D eigenvalue weighted by Crippen LogP contribution is 2.18. The van der Waals surface area contributed by atoms with E-state index in [0.29, 0.717) is 6.54 Å². The van der Waals surface area contributed by atoms with Crippen LogP contribution in [0.2, 0.25) is 0 Å². The van der Waals surface area contributed by atoms with Crippen molar-refractivity contribution in [2.24, 2.45) is 5.73 Å². The third-order valence-corrected chi connectivity index (χ3v) is 5.50. The number of aliphatic hydroxyl groups excluding tert-OH is 1. The van der Waals surface area contributed by atoms with Crippen molar-refractivity contribution in [2.75, 3.05) is 13.2 Å². The first-order chi connectivity index (χ1) is 9.98. The molecule has 0 saturated heterocycles. The Kier molecular flexibility index (Phi) is 7.31. The summed E-state index contributed by atoms with van der Waals surface area (Å²) in [6.45, 7) is 4.29. The lowest BCUT2D eigenvalue weighted by molar-refractivity contribution is 0.219. The molecular weight excluding hydrogens is 288 g/mol. The highest BCUT2D eigenvalue weighted by atomic mass is 32.2. The number of nitrogens with two attached hydrogens (primary N) is 1. The topological polar surface area (TPSA) is 83.6 Å². The summed E-state index contributed by atoms with van der Waals surface area (Å²) < 4.78 is 26.7. The molecule has 6 heteroatoms. The minimum Gasteiger partial charge on any atom is -0.395 e. The summed E-state index contributed by atoms with van der Waals surface area (Å²) >= 11 is 0. The summed E-state index contributed by atoms with van der Waals surface area (Å²) in [6, 6.07) is 7.24. The van der Waals surface area contributed by atoms with Crippen molar-refractivity contribution in [2.45, 2.75) is 45.0 Å². The Morgan fingerprint density at radius 1 is 1.24 bits per heavy atom. The van der Waals surface area contributed by atoms with Crippen LogP contribution < -0.4 is 5.73 Å². The molecule has 21 heavy (non-hydrogen) atoms. The second kappa shape index (κ2) is 8.48. The van der Waals surface area contributed by atoms with E-state index in [2.05, 4.69) is 0 Å². The fourth-order valence-corrected chi connectivity index (χ4v) is 4.36. The standard InChI is InChI=1S/C15H26N2O3S/c1-3-15(4-2)17(8-9-18)21(19,20)12-14-7-5-6-13(10-14)11-16/h5-7,10,15,18H,3-4,8-9,11-12,16H2,1-2H3. The summed E-state index contributed by atoms with van der Waals surface area (Å²) in [5.74, 6) is -0.0582. The normalized spacial score (nSPS) is 12.3. The van der Waals surface area contributed by atoms with Gasteiger partial charge in [-0.2, -0.15) is 4.31 Å². The zero-order chi connectivity index (χ0) is 15.9. The van der Waals surface area contributed by atoms with E-state index in [9.17, 15) is 8.42 Å². The average molecular weight is 314 g/mol. The average Bonchev–Trinajstić information content (AvgIpc) is 2.47. The van der Waals surface area contributed by atoms with Crippen molar-refractivity contribution in [3.05, 3.63) is 35.4 Å². The monoisotopic (exact) mass is 314 g/mol. The van der Waals surface area contributed by atoms with E-state index in [1.165, 1.54) is 4.31 Å². The predicted octanol–water partition coefficient (Wildman–Crippen LogP) is 1.46. The Labute approximate surface area is 127 Å². The van der Waals surface area contributed by atoms with E-state index in [1.54, 1.807) is 6.07 Å². The minimum absolute atomic E-state index is 0.0582. The fourth-order valence-electron chi connectivity index (χ4n) is 2.48. The highest BCUT2D eigenvalue weighted by Gasteiger charge is 2.27. The summed E-state index contributed by atoms with van der Waals surface area (Å²) in [7, 11) is -3.45. The third kappa shape index (κ3) is 5.07. The van der Waals surface area contributed by atoms with Gasteiger partial charge in [-0.05, 0) is 24.0 Å². The maximum Gasteiger partial charge on any atom is 0.218 e. The smallest absolute Gasteiger partial charge is 0.218 e. The van der Waals surface area contributed by atoms with Gasteiger partial charge in [-0.15, -0.1) is 0 Å². The van der Waals surface area contributed by atoms with E-state index in [1.807, 2.05) is 32.0 Å². The molecule has 0 aromatic heterocycles. The zero-order valence-corrected chi connectivity index (χ0v) is 13.6. The second-order valence-electron chi connectivity index (χ2n) is 5.08. The van der Waals surface area contributed by atoms with Crippen molar-refractivity contribution in [1.29, 1.82) is 0 Å². The maximum absolute atomic E-state index is 12.6. The fraction of sp³-hybridized carbons (Fsp3) is 0.600. The molecule has 0 unspecified atom stereocenters. The van der Waals surface area contributed by atoms with Crippen LogP contribution in [0.4, 0.5) is 0 Å². The van der Waals surface area contributed by atoms with Crippen molar-refractivity contribution in [3.8, 4) is 0 Å². The Morgan fingerprint density at radius 2 is 1.86 bits per heavy atom. The molecule has 0 amide bonds. The summed E-state index contributed by atoms with van der Waals surface area (Å²) in [6.07, 6.45) is 1.47. The van der Waals surface area contributed by atoms with E-state index in [0.717, 1.165) is 24.0 Å². The van der Waals surface area contributed by atoms with Crippen LogP contribution >= 0.6 is 0 Å². The molecule has 3 N–H and O–H groups in total. The van der Waals surface area contributed by atoms with Gasteiger partial charge in [0.2, 0.25) is 10.0 Å². The third-order valence-electron chi connectivity index (χ3n) is 3.60. The summed E-state index contributed by atoms with van der Waals surface area (Å²) in [4.78, 5) is 0. The highest BCUT2D eigenvalue weighted by molar-refractivity contribution is 7.88. The van der Waals surface area contributed by atoms with E-state index in [4.69, 9.17) is 10.8 Å². The molecule has 120 valence electrons. The molecule has 0 heterocycles. The Morgan fingerprint density at radius 3 is 2.38 bits per heavy atom. The van der Waals surface area contributed by atoms with Gasteiger partial charge in [0.25, 0.3) is 0 Å². The molecule has 0 bridgehead atoms. The molecule has 0 spiro atoms. The van der Waals surface area contributed by atoms with Gasteiger partial charge in [0, 0.05) is 19.1 Å². The molecule has 5 nitrogen and oxygen atoms in total. The first-order valence-corrected chi connectivity index (χ1v) is 8.97. The first-order valence-electron chi connectivity index (χ1n) is 7.36. The van der Waals surface area contributed by atoms with Gasteiger partial charge in [0.05, 0.1) is 12.4 Å². The van der Waals surface area contributed by atoms with Gasteiger partial charge >= 0.3 is 0 Å². The summed E-state index contributed by atoms with van der Waals surface area (Å²) in [5, 5.41) is 9.17. The van der Waals surface area contributed by atoms with Crippen LogP contribution in [0.15, 0.2) is 24.3 Å². The molecule has 1 aromatic rings. The molecule has 0 fully saturated rings. The Bertz CT molecular complexity index is 527. The van der Waals surface area contributed by atoms with Crippen LogP contribution in [0.3, 0.4) is 0 Å². The Hall–Kier alpha value is -0.950.